The normalized spacial score (nSPS) is 19.0. The van der Waals surface area contributed by atoms with Crippen LogP contribution in [0.2, 0.25) is 0 Å². The van der Waals surface area contributed by atoms with E-state index in [0.717, 1.165) is 19.0 Å². The molecule has 2 heteroatoms. The third-order valence-corrected chi connectivity index (χ3v) is 4.03. The fraction of sp³-hybridized carbons (Fsp3) is 1.00. The predicted octanol–water partition coefficient (Wildman–Crippen LogP) is 2.40. The van der Waals surface area contributed by atoms with Crippen LogP contribution in [0.3, 0.4) is 0 Å². The van der Waals surface area contributed by atoms with Crippen LogP contribution in [0.4, 0.5) is 0 Å². The molecule has 90 valence electrons. The molecule has 0 aliphatic heterocycles. The minimum Gasteiger partial charge on any atom is -0.314 e. The largest absolute Gasteiger partial charge is 0.314 e. The molecule has 1 rings (SSSR count). The summed E-state index contributed by atoms with van der Waals surface area (Å²) in [5, 5.41) is 6.93. The van der Waals surface area contributed by atoms with Gasteiger partial charge in [0.2, 0.25) is 0 Å². The molecule has 0 radical (unpaired) electrons. The summed E-state index contributed by atoms with van der Waals surface area (Å²) in [6, 6.07) is 0. The molecule has 0 bridgehead atoms. The molecule has 2 N–H and O–H groups in total. The van der Waals surface area contributed by atoms with Crippen molar-refractivity contribution in [2.24, 2.45) is 11.3 Å². The topological polar surface area (TPSA) is 24.1 Å². The minimum absolute atomic E-state index is 0.204. The SMILES string of the molecule is CNC(C)(C)CNCC(C)(C)C1CCC1. The molecule has 1 saturated carbocycles. The van der Waals surface area contributed by atoms with E-state index in [-0.39, 0.29) is 5.54 Å². The van der Waals surface area contributed by atoms with Gasteiger partial charge in [-0.3, -0.25) is 0 Å². The Morgan fingerprint density at radius 3 is 2.07 bits per heavy atom. The fourth-order valence-corrected chi connectivity index (χ4v) is 2.12. The van der Waals surface area contributed by atoms with Crippen molar-refractivity contribution in [3.05, 3.63) is 0 Å². The lowest BCUT2D eigenvalue weighted by Crippen LogP contribution is -2.49. The molecule has 0 heterocycles. The van der Waals surface area contributed by atoms with Gasteiger partial charge < -0.3 is 10.6 Å². The van der Waals surface area contributed by atoms with Crippen molar-refractivity contribution in [2.75, 3.05) is 20.1 Å². The Morgan fingerprint density at radius 1 is 1.07 bits per heavy atom. The Labute approximate surface area is 95.2 Å². The van der Waals surface area contributed by atoms with Gasteiger partial charge in [0, 0.05) is 18.6 Å². The molecule has 0 spiro atoms. The molecule has 1 aliphatic carbocycles. The molecule has 0 unspecified atom stereocenters. The second-order valence-corrected chi connectivity index (χ2v) is 6.35. The van der Waals surface area contributed by atoms with E-state index in [1.54, 1.807) is 0 Å². The van der Waals surface area contributed by atoms with E-state index < -0.39 is 0 Å². The maximum atomic E-state index is 3.60. The molecular formula is C13H28N2. The van der Waals surface area contributed by atoms with Gasteiger partial charge in [-0.2, -0.15) is 0 Å². The molecule has 0 atom stereocenters. The van der Waals surface area contributed by atoms with Crippen molar-refractivity contribution in [1.29, 1.82) is 0 Å². The van der Waals surface area contributed by atoms with E-state index in [4.69, 9.17) is 0 Å². The lowest BCUT2D eigenvalue weighted by atomic mass is 9.67. The Hall–Kier alpha value is -0.0800. The molecule has 0 aromatic rings. The second-order valence-electron chi connectivity index (χ2n) is 6.35. The standard InChI is InChI=1S/C13H28N2/c1-12(2,11-7-6-8-11)9-15-10-13(3,4)14-5/h11,14-15H,6-10H2,1-5H3. The van der Waals surface area contributed by atoms with Gasteiger partial charge in [-0.1, -0.05) is 20.3 Å². The molecule has 0 amide bonds. The summed E-state index contributed by atoms with van der Waals surface area (Å²) in [7, 11) is 2.03. The van der Waals surface area contributed by atoms with Crippen molar-refractivity contribution in [1.82, 2.24) is 10.6 Å². The summed E-state index contributed by atoms with van der Waals surface area (Å²) in [6.07, 6.45) is 4.31. The zero-order valence-corrected chi connectivity index (χ0v) is 11.1. The van der Waals surface area contributed by atoms with Crippen molar-refractivity contribution >= 4 is 0 Å². The van der Waals surface area contributed by atoms with Crippen LogP contribution >= 0.6 is 0 Å². The molecule has 0 aromatic heterocycles. The van der Waals surface area contributed by atoms with Gasteiger partial charge in [-0.15, -0.1) is 0 Å². The van der Waals surface area contributed by atoms with E-state index in [1.807, 2.05) is 7.05 Å². The number of nitrogens with one attached hydrogen (secondary N) is 2. The quantitative estimate of drug-likeness (QED) is 0.706. The highest BCUT2D eigenvalue weighted by atomic mass is 15.0. The summed E-state index contributed by atoms with van der Waals surface area (Å²) in [4.78, 5) is 0. The first kappa shape index (κ1) is 13.0. The smallest absolute Gasteiger partial charge is 0.0246 e. The van der Waals surface area contributed by atoms with Crippen molar-refractivity contribution in [2.45, 2.75) is 52.5 Å². The minimum atomic E-state index is 0.204. The van der Waals surface area contributed by atoms with E-state index >= 15 is 0 Å². The molecule has 15 heavy (non-hydrogen) atoms. The van der Waals surface area contributed by atoms with Crippen LogP contribution in [-0.2, 0) is 0 Å². The zero-order valence-electron chi connectivity index (χ0n) is 11.1. The summed E-state index contributed by atoms with van der Waals surface area (Å²) in [5.74, 6) is 0.947. The van der Waals surface area contributed by atoms with Crippen molar-refractivity contribution in [3.63, 3.8) is 0 Å². The van der Waals surface area contributed by atoms with Crippen LogP contribution in [0.15, 0.2) is 0 Å². The van der Waals surface area contributed by atoms with E-state index in [2.05, 4.69) is 38.3 Å². The highest BCUT2D eigenvalue weighted by molar-refractivity contribution is 4.87. The highest BCUT2D eigenvalue weighted by Crippen LogP contribution is 2.41. The molecule has 1 fully saturated rings. The molecule has 0 saturated heterocycles. The van der Waals surface area contributed by atoms with Crippen LogP contribution < -0.4 is 10.6 Å². The van der Waals surface area contributed by atoms with E-state index in [9.17, 15) is 0 Å². The first-order valence-corrected chi connectivity index (χ1v) is 6.27. The zero-order chi connectivity index (χ0) is 11.5. The Kier molecular flexibility index (Phi) is 4.19. The third-order valence-electron chi connectivity index (χ3n) is 4.03. The van der Waals surface area contributed by atoms with E-state index in [1.165, 1.54) is 19.3 Å². The van der Waals surface area contributed by atoms with Crippen LogP contribution in [0.25, 0.3) is 0 Å². The highest BCUT2D eigenvalue weighted by Gasteiger charge is 2.33. The van der Waals surface area contributed by atoms with Gasteiger partial charge in [0.15, 0.2) is 0 Å². The van der Waals surface area contributed by atoms with Crippen LogP contribution in [0.5, 0.6) is 0 Å². The maximum Gasteiger partial charge on any atom is 0.0246 e. The Morgan fingerprint density at radius 2 is 1.67 bits per heavy atom. The molecule has 1 aliphatic rings. The third kappa shape index (κ3) is 3.76. The Bertz CT molecular complexity index is 193. The molecule has 2 nitrogen and oxygen atoms in total. The first-order chi connectivity index (χ1) is 6.87. The fourth-order valence-electron chi connectivity index (χ4n) is 2.12. The molecule has 0 aromatic carbocycles. The van der Waals surface area contributed by atoms with Gasteiger partial charge in [0.05, 0.1) is 0 Å². The van der Waals surface area contributed by atoms with Crippen LogP contribution in [-0.4, -0.2) is 25.7 Å². The van der Waals surface area contributed by atoms with Gasteiger partial charge in [-0.05, 0) is 45.1 Å². The monoisotopic (exact) mass is 212 g/mol. The number of rotatable bonds is 6. The van der Waals surface area contributed by atoms with Crippen LogP contribution in [0, 0.1) is 11.3 Å². The summed E-state index contributed by atoms with van der Waals surface area (Å²) in [6.45, 7) is 11.4. The van der Waals surface area contributed by atoms with E-state index in [0.29, 0.717) is 5.41 Å². The maximum absolute atomic E-state index is 3.60. The van der Waals surface area contributed by atoms with Crippen molar-refractivity contribution < 1.29 is 0 Å². The van der Waals surface area contributed by atoms with Gasteiger partial charge in [0.1, 0.15) is 0 Å². The second kappa shape index (κ2) is 4.84. The number of likely N-dealkylation sites (N-methyl/N-ethyl adjacent to an activating group) is 1. The summed E-state index contributed by atoms with van der Waals surface area (Å²) >= 11 is 0. The lowest BCUT2D eigenvalue weighted by molar-refractivity contribution is 0.117. The lowest BCUT2D eigenvalue weighted by Gasteiger charge is -2.41. The average Bonchev–Trinajstić information content (AvgIpc) is 1.99. The number of hydrogen-bond acceptors (Lipinski definition) is 2. The first-order valence-electron chi connectivity index (χ1n) is 6.27. The summed E-state index contributed by atoms with van der Waals surface area (Å²) < 4.78 is 0. The predicted molar refractivity (Wildman–Crippen MR) is 67.1 cm³/mol. The summed E-state index contributed by atoms with van der Waals surface area (Å²) in [5.41, 5.74) is 0.678. The Balaban J connectivity index is 2.24. The van der Waals surface area contributed by atoms with Crippen LogP contribution in [0.1, 0.15) is 47.0 Å². The van der Waals surface area contributed by atoms with Gasteiger partial charge in [-0.25, -0.2) is 0 Å². The van der Waals surface area contributed by atoms with Crippen molar-refractivity contribution in [3.8, 4) is 0 Å². The van der Waals surface area contributed by atoms with Gasteiger partial charge >= 0.3 is 0 Å². The van der Waals surface area contributed by atoms with Gasteiger partial charge in [0.25, 0.3) is 0 Å². The average molecular weight is 212 g/mol. The number of hydrogen-bond donors (Lipinski definition) is 2. The molecular weight excluding hydrogens is 184 g/mol.